The van der Waals surface area contributed by atoms with Crippen molar-refractivity contribution in [2.24, 2.45) is 4.99 Å². The van der Waals surface area contributed by atoms with Gasteiger partial charge < -0.3 is 5.32 Å². The first kappa shape index (κ1) is 13.3. The van der Waals surface area contributed by atoms with Crippen LogP contribution in [0.15, 0.2) is 16.8 Å². The lowest BCUT2D eigenvalue weighted by atomic mass is 10.0. The number of hydrogen-bond donors (Lipinski definition) is 1. The van der Waals surface area contributed by atoms with Crippen molar-refractivity contribution < 1.29 is 0 Å². The van der Waals surface area contributed by atoms with E-state index >= 15 is 0 Å². The summed E-state index contributed by atoms with van der Waals surface area (Å²) in [6.45, 7) is 6.54. The summed E-state index contributed by atoms with van der Waals surface area (Å²) in [5, 5.41) is 3.53. The summed E-state index contributed by atoms with van der Waals surface area (Å²) in [5.74, 6) is 0. The second-order valence-corrected chi connectivity index (χ2v) is 4.47. The molecule has 0 unspecified atom stereocenters. The number of aliphatic imine (C=N–C) groups is 1. The molecule has 0 fully saturated rings. The maximum Gasteiger partial charge on any atom is 0.0576 e. The first-order valence-electron chi connectivity index (χ1n) is 6.86. The Morgan fingerprint density at radius 2 is 2.06 bits per heavy atom. The van der Waals surface area contributed by atoms with Gasteiger partial charge in [0.25, 0.3) is 0 Å². The van der Waals surface area contributed by atoms with Crippen molar-refractivity contribution in [3.8, 4) is 0 Å². The molecule has 0 radical (unpaired) electrons. The molecule has 0 aromatic heterocycles. The molecule has 92 valence electrons. The molecule has 1 aliphatic rings. The van der Waals surface area contributed by atoms with E-state index in [4.69, 9.17) is 4.99 Å². The number of hydrogen-bond acceptors (Lipinski definition) is 2. The molecule has 0 amide bonds. The van der Waals surface area contributed by atoms with E-state index in [-0.39, 0.29) is 0 Å². The molecule has 0 saturated carbocycles. The number of rotatable bonds is 7. The van der Waals surface area contributed by atoms with E-state index < -0.39 is 0 Å². The Labute approximate surface area is 100 Å². The van der Waals surface area contributed by atoms with Crippen molar-refractivity contribution in [1.29, 1.82) is 0 Å². The monoisotopic (exact) mass is 222 g/mol. The van der Waals surface area contributed by atoms with Gasteiger partial charge in [-0.3, -0.25) is 4.99 Å². The highest BCUT2D eigenvalue weighted by Gasteiger charge is 2.10. The van der Waals surface area contributed by atoms with Gasteiger partial charge in [0.2, 0.25) is 0 Å². The highest BCUT2D eigenvalue weighted by molar-refractivity contribution is 6.00. The lowest BCUT2D eigenvalue weighted by Gasteiger charge is -2.17. The highest BCUT2D eigenvalue weighted by Crippen LogP contribution is 2.14. The van der Waals surface area contributed by atoms with E-state index in [0.29, 0.717) is 0 Å². The third-order valence-electron chi connectivity index (χ3n) is 2.94. The molecule has 0 spiro atoms. The molecule has 1 N–H and O–H groups in total. The van der Waals surface area contributed by atoms with Crippen LogP contribution in [0.1, 0.15) is 58.8 Å². The Hall–Kier alpha value is -0.790. The van der Waals surface area contributed by atoms with Gasteiger partial charge in [-0.2, -0.15) is 0 Å². The van der Waals surface area contributed by atoms with Gasteiger partial charge in [-0.15, -0.1) is 0 Å². The molecule has 0 aliphatic heterocycles. The predicted octanol–water partition coefficient (Wildman–Crippen LogP) is 3.69. The molecule has 0 aromatic carbocycles. The molecule has 0 saturated heterocycles. The minimum absolute atomic E-state index is 0.999. The fraction of sp³-hybridized carbons (Fsp3) is 0.786. The van der Waals surface area contributed by atoms with Crippen LogP contribution in [-0.4, -0.2) is 18.8 Å². The second-order valence-electron chi connectivity index (χ2n) is 4.47. The Morgan fingerprint density at radius 1 is 1.25 bits per heavy atom. The Bertz CT molecular complexity index is 241. The third-order valence-corrected chi connectivity index (χ3v) is 2.94. The molecular weight excluding hydrogens is 196 g/mol. The SMILES string of the molecule is CCCCN=C1CCCC=C1NCCCC. The van der Waals surface area contributed by atoms with Gasteiger partial charge >= 0.3 is 0 Å². The van der Waals surface area contributed by atoms with Gasteiger partial charge in [0.05, 0.1) is 11.4 Å². The van der Waals surface area contributed by atoms with Gasteiger partial charge in [-0.05, 0) is 32.1 Å². The van der Waals surface area contributed by atoms with Crippen molar-refractivity contribution in [3.63, 3.8) is 0 Å². The lowest BCUT2D eigenvalue weighted by Crippen LogP contribution is -2.24. The van der Waals surface area contributed by atoms with Gasteiger partial charge in [-0.25, -0.2) is 0 Å². The average molecular weight is 222 g/mol. The molecule has 0 heterocycles. The van der Waals surface area contributed by atoms with Crippen LogP contribution in [0.3, 0.4) is 0 Å². The van der Waals surface area contributed by atoms with Crippen LogP contribution in [0.2, 0.25) is 0 Å². The Kier molecular flexibility index (Phi) is 6.95. The number of nitrogens with one attached hydrogen (secondary N) is 1. The average Bonchev–Trinajstić information content (AvgIpc) is 2.32. The number of unbranched alkanes of at least 4 members (excludes halogenated alkanes) is 2. The predicted molar refractivity (Wildman–Crippen MR) is 72.1 cm³/mol. The van der Waals surface area contributed by atoms with Gasteiger partial charge in [0.15, 0.2) is 0 Å². The quantitative estimate of drug-likeness (QED) is 0.653. The van der Waals surface area contributed by atoms with E-state index in [1.54, 1.807) is 0 Å². The minimum Gasteiger partial charge on any atom is -0.384 e. The molecular formula is C14H26N2. The molecule has 0 aromatic rings. The fourth-order valence-corrected chi connectivity index (χ4v) is 1.88. The van der Waals surface area contributed by atoms with Crippen LogP contribution < -0.4 is 5.32 Å². The van der Waals surface area contributed by atoms with Crippen molar-refractivity contribution in [2.45, 2.75) is 58.8 Å². The molecule has 1 rings (SSSR count). The molecule has 16 heavy (non-hydrogen) atoms. The molecule has 2 nitrogen and oxygen atoms in total. The molecule has 2 heteroatoms. The van der Waals surface area contributed by atoms with E-state index in [1.165, 1.54) is 49.9 Å². The maximum absolute atomic E-state index is 4.72. The maximum atomic E-state index is 4.72. The summed E-state index contributed by atoms with van der Waals surface area (Å²) in [6, 6.07) is 0. The van der Waals surface area contributed by atoms with E-state index in [9.17, 15) is 0 Å². The Morgan fingerprint density at radius 3 is 2.81 bits per heavy atom. The van der Waals surface area contributed by atoms with Crippen LogP contribution in [0.5, 0.6) is 0 Å². The third kappa shape index (κ3) is 4.82. The smallest absolute Gasteiger partial charge is 0.0576 e. The van der Waals surface area contributed by atoms with Crippen LogP contribution >= 0.6 is 0 Å². The normalized spacial score (nSPS) is 18.6. The van der Waals surface area contributed by atoms with E-state index in [1.807, 2.05) is 0 Å². The van der Waals surface area contributed by atoms with E-state index in [0.717, 1.165) is 19.5 Å². The minimum atomic E-state index is 0.999. The standard InChI is InChI=1S/C14H26N2/c1-3-5-11-15-13-9-7-8-10-14(13)16-12-6-4-2/h9,15H,3-8,10-12H2,1-2H3. The molecule has 0 bridgehead atoms. The van der Waals surface area contributed by atoms with Gasteiger partial charge in [0.1, 0.15) is 0 Å². The van der Waals surface area contributed by atoms with Crippen molar-refractivity contribution in [2.75, 3.05) is 13.1 Å². The molecule has 1 aliphatic carbocycles. The Balaban J connectivity index is 2.43. The van der Waals surface area contributed by atoms with Crippen LogP contribution in [-0.2, 0) is 0 Å². The van der Waals surface area contributed by atoms with E-state index in [2.05, 4.69) is 25.2 Å². The summed E-state index contributed by atoms with van der Waals surface area (Å²) in [5.41, 5.74) is 2.63. The summed E-state index contributed by atoms with van der Waals surface area (Å²) in [7, 11) is 0. The second kappa shape index (κ2) is 8.37. The van der Waals surface area contributed by atoms with Crippen molar-refractivity contribution in [3.05, 3.63) is 11.8 Å². The first-order chi connectivity index (χ1) is 7.88. The topological polar surface area (TPSA) is 24.4 Å². The fourth-order valence-electron chi connectivity index (χ4n) is 1.88. The lowest BCUT2D eigenvalue weighted by molar-refractivity contribution is 0.706. The summed E-state index contributed by atoms with van der Waals surface area (Å²) >= 11 is 0. The summed E-state index contributed by atoms with van der Waals surface area (Å²) < 4.78 is 0. The zero-order valence-electron chi connectivity index (χ0n) is 10.9. The zero-order chi connectivity index (χ0) is 11.6. The first-order valence-corrected chi connectivity index (χ1v) is 6.86. The van der Waals surface area contributed by atoms with Crippen molar-refractivity contribution >= 4 is 5.71 Å². The zero-order valence-corrected chi connectivity index (χ0v) is 10.9. The van der Waals surface area contributed by atoms with Crippen molar-refractivity contribution in [1.82, 2.24) is 5.32 Å². The molecule has 0 atom stereocenters. The summed E-state index contributed by atoms with van der Waals surface area (Å²) in [6.07, 6.45) is 10.9. The van der Waals surface area contributed by atoms with Gasteiger partial charge in [-0.1, -0.05) is 32.8 Å². The van der Waals surface area contributed by atoms with Crippen LogP contribution in [0.4, 0.5) is 0 Å². The number of nitrogens with zero attached hydrogens (tertiary/aromatic N) is 1. The van der Waals surface area contributed by atoms with Crippen LogP contribution in [0, 0.1) is 0 Å². The number of allylic oxidation sites excluding steroid dienone is 2. The largest absolute Gasteiger partial charge is 0.384 e. The van der Waals surface area contributed by atoms with Crippen LogP contribution in [0.25, 0.3) is 0 Å². The summed E-state index contributed by atoms with van der Waals surface area (Å²) in [4.78, 5) is 4.72. The highest BCUT2D eigenvalue weighted by atomic mass is 14.9. The van der Waals surface area contributed by atoms with Gasteiger partial charge in [0, 0.05) is 13.1 Å².